The van der Waals surface area contributed by atoms with Gasteiger partial charge >= 0.3 is 0 Å². The number of nitrogens with zero attached hydrogens (tertiary/aromatic N) is 2. The van der Waals surface area contributed by atoms with Gasteiger partial charge in [0.1, 0.15) is 0 Å². The summed E-state index contributed by atoms with van der Waals surface area (Å²) in [6.45, 7) is 2.42. The highest BCUT2D eigenvalue weighted by Gasteiger charge is 2.16. The summed E-state index contributed by atoms with van der Waals surface area (Å²) in [6.07, 6.45) is 0. The topological polar surface area (TPSA) is 68.0 Å². The predicted octanol–water partition coefficient (Wildman–Crippen LogP) is 4.39. The van der Waals surface area contributed by atoms with Crippen molar-refractivity contribution < 1.29 is 9.32 Å². The zero-order valence-electron chi connectivity index (χ0n) is 13.4. The van der Waals surface area contributed by atoms with Gasteiger partial charge < -0.3 is 9.84 Å². The molecule has 25 heavy (non-hydrogen) atoms. The molecule has 0 fully saturated rings. The molecule has 1 unspecified atom stereocenters. The third-order valence-corrected chi connectivity index (χ3v) is 5.77. The minimum absolute atomic E-state index is 0.00628. The van der Waals surface area contributed by atoms with Gasteiger partial charge in [0.2, 0.25) is 5.91 Å². The molecule has 0 saturated carbocycles. The second-order valence-corrected chi connectivity index (χ2v) is 8.01. The van der Waals surface area contributed by atoms with E-state index in [1.807, 2.05) is 42.6 Å². The molecule has 0 aliphatic heterocycles. The SMILES string of the molecule is CC(SCc1noc(-c2ccccc2Cl)n1)C(=O)NCc1cccs1. The van der Waals surface area contributed by atoms with Crippen molar-refractivity contribution in [2.75, 3.05) is 0 Å². The normalized spacial score (nSPS) is 12.1. The van der Waals surface area contributed by atoms with Gasteiger partial charge in [-0.3, -0.25) is 4.79 Å². The van der Waals surface area contributed by atoms with Crippen molar-refractivity contribution in [1.82, 2.24) is 15.5 Å². The Labute approximate surface area is 158 Å². The van der Waals surface area contributed by atoms with Crippen LogP contribution in [0.15, 0.2) is 46.3 Å². The van der Waals surface area contributed by atoms with Crippen molar-refractivity contribution >= 4 is 40.6 Å². The number of hydrogen-bond donors (Lipinski definition) is 1. The van der Waals surface area contributed by atoms with Gasteiger partial charge in [0.05, 0.1) is 28.1 Å². The highest BCUT2D eigenvalue weighted by atomic mass is 35.5. The van der Waals surface area contributed by atoms with Crippen LogP contribution in [0.2, 0.25) is 5.02 Å². The average molecular weight is 394 g/mol. The number of carbonyl (C=O) groups is 1. The molecule has 0 aliphatic rings. The highest BCUT2D eigenvalue weighted by molar-refractivity contribution is 7.99. The van der Waals surface area contributed by atoms with E-state index in [1.54, 1.807) is 17.4 Å². The third kappa shape index (κ3) is 4.84. The van der Waals surface area contributed by atoms with Gasteiger partial charge in [-0.1, -0.05) is 35.0 Å². The summed E-state index contributed by atoms with van der Waals surface area (Å²) in [5, 5.41) is 9.23. The molecular weight excluding hydrogens is 378 g/mol. The van der Waals surface area contributed by atoms with Crippen LogP contribution in [0.25, 0.3) is 11.5 Å². The maximum atomic E-state index is 12.1. The number of thiophene rings is 1. The van der Waals surface area contributed by atoms with Gasteiger partial charge in [0, 0.05) is 4.88 Å². The summed E-state index contributed by atoms with van der Waals surface area (Å²) in [5.41, 5.74) is 0.703. The van der Waals surface area contributed by atoms with E-state index in [4.69, 9.17) is 16.1 Å². The van der Waals surface area contributed by atoms with Crippen LogP contribution in [-0.2, 0) is 17.1 Å². The minimum Gasteiger partial charge on any atom is -0.350 e. The fourth-order valence-corrected chi connectivity index (χ4v) is 3.68. The molecule has 1 atom stereocenters. The van der Waals surface area contributed by atoms with E-state index in [2.05, 4.69) is 15.5 Å². The number of aromatic nitrogens is 2. The summed E-state index contributed by atoms with van der Waals surface area (Å²) in [4.78, 5) is 17.6. The largest absolute Gasteiger partial charge is 0.350 e. The number of halogens is 1. The Morgan fingerprint density at radius 3 is 2.96 bits per heavy atom. The summed E-state index contributed by atoms with van der Waals surface area (Å²) < 4.78 is 5.26. The van der Waals surface area contributed by atoms with Crippen molar-refractivity contribution in [2.24, 2.45) is 0 Å². The fourth-order valence-electron chi connectivity index (χ4n) is 2.06. The molecule has 3 rings (SSSR count). The van der Waals surface area contributed by atoms with Gasteiger partial charge in [-0.15, -0.1) is 23.1 Å². The predicted molar refractivity (Wildman–Crippen MR) is 102 cm³/mol. The fraction of sp³-hybridized carbons (Fsp3) is 0.235. The summed E-state index contributed by atoms with van der Waals surface area (Å²) >= 11 is 9.21. The molecular formula is C17H16ClN3O2S2. The quantitative estimate of drug-likeness (QED) is 0.644. The zero-order chi connectivity index (χ0) is 17.6. The van der Waals surface area contributed by atoms with E-state index in [0.717, 1.165) is 4.88 Å². The second-order valence-electron chi connectivity index (χ2n) is 5.25. The van der Waals surface area contributed by atoms with Gasteiger partial charge in [-0.05, 0) is 30.5 Å². The maximum absolute atomic E-state index is 12.1. The molecule has 2 heterocycles. The third-order valence-electron chi connectivity index (χ3n) is 3.42. The number of thioether (sulfide) groups is 1. The number of benzene rings is 1. The van der Waals surface area contributed by atoms with Gasteiger partial charge in [0.15, 0.2) is 5.82 Å². The van der Waals surface area contributed by atoms with Crippen molar-refractivity contribution in [3.8, 4) is 11.5 Å². The van der Waals surface area contributed by atoms with Crippen LogP contribution in [-0.4, -0.2) is 21.3 Å². The molecule has 130 valence electrons. The van der Waals surface area contributed by atoms with E-state index in [-0.39, 0.29) is 11.2 Å². The first-order valence-corrected chi connectivity index (χ1v) is 9.93. The van der Waals surface area contributed by atoms with Crippen molar-refractivity contribution in [2.45, 2.75) is 24.5 Å². The van der Waals surface area contributed by atoms with E-state index < -0.39 is 0 Å². The first-order chi connectivity index (χ1) is 12.1. The molecule has 8 heteroatoms. The standard InChI is InChI=1S/C17H16ClN3O2S2/c1-11(16(22)19-9-12-5-4-8-24-12)25-10-15-20-17(23-21-15)13-6-2-3-7-14(13)18/h2-8,11H,9-10H2,1H3,(H,19,22). The van der Waals surface area contributed by atoms with Crippen LogP contribution in [0.4, 0.5) is 0 Å². The Hall–Kier alpha value is -1.83. The molecule has 0 saturated heterocycles. The summed E-state index contributed by atoms with van der Waals surface area (Å²) in [6, 6.07) is 11.3. The van der Waals surface area contributed by atoms with E-state index >= 15 is 0 Å². The number of amides is 1. The van der Waals surface area contributed by atoms with Crippen molar-refractivity contribution in [3.63, 3.8) is 0 Å². The number of rotatable bonds is 7. The number of carbonyl (C=O) groups excluding carboxylic acids is 1. The van der Waals surface area contributed by atoms with Gasteiger partial charge in [-0.25, -0.2) is 0 Å². The highest BCUT2D eigenvalue weighted by Crippen LogP contribution is 2.26. The molecule has 0 radical (unpaired) electrons. The van der Waals surface area contributed by atoms with Crippen LogP contribution in [0.5, 0.6) is 0 Å². The van der Waals surface area contributed by atoms with Crippen LogP contribution in [0.1, 0.15) is 17.6 Å². The molecule has 1 N–H and O–H groups in total. The average Bonchev–Trinajstić information content (AvgIpc) is 3.29. The monoisotopic (exact) mass is 393 g/mol. The Balaban J connectivity index is 1.51. The molecule has 0 spiro atoms. The lowest BCUT2D eigenvalue weighted by Gasteiger charge is -2.10. The van der Waals surface area contributed by atoms with E-state index in [1.165, 1.54) is 11.8 Å². The molecule has 1 aromatic carbocycles. The Bertz CT molecular complexity index is 836. The van der Waals surface area contributed by atoms with Crippen LogP contribution in [0.3, 0.4) is 0 Å². The lowest BCUT2D eigenvalue weighted by Crippen LogP contribution is -2.30. The van der Waals surface area contributed by atoms with Crippen LogP contribution in [0, 0.1) is 0 Å². The first kappa shape index (κ1) is 18.0. The second kappa shape index (κ2) is 8.51. The number of hydrogen-bond acceptors (Lipinski definition) is 6. The summed E-state index contributed by atoms with van der Waals surface area (Å²) in [7, 11) is 0. The molecule has 2 aromatic heterocycles. The van der Waals surface area contributed by atoms with Gasteiger partial charge in [-0.2, -0.15) is 4.98 Å². The van der Waals surface area contributed by atoms with E-state index in [0.29, 0.717) is 34.6 Å². The lowest BCUT2D eigenvalue weighted by atomic mass is 10.2. The molecule has 0 bridgehead atoms. The molecule has 3 aromatic rings. The van der Waals surface area contributed by atoms with Crippen LogP contribution < -0.4 is 5.32 Å². The maximum Gasteiger partial charge on any atom is 0.259 e. The first-order valence-electron chi connectivity index (χ1n) is 7.62. The Morgan fingerprint density at radius 1 is 1.36 bits per heavy atom. The zero-order valence-corrected chi connectivity index (χ0v) is 15.8. The molecule has 1 amide bonds. The van der Waals surface area contributed by atoms with Crippen LogP contribution >= 0.6 is 34.7 Å². The smallest absolute Gasteiger partial charge is 0.259 e. The minimum atomic E-state index is -0.206. The van der Waals surface area contributed by atoms with Gasteiger partial charge in [0.25, 0.3) is 5.89 Å². The number of nitrogens with one attached hydrogen (secondary N) is 1. The summed E-state index contributed by atoms with van der Waals surface area (Å²) in [5.74, 6) is 1.41. The van der Waals surface area contributed by atoms with E-state index in [9.17, 15) is 4.79 Å². The lowest BCUT2D eigenvalue weighted by molar-refractivity contribution is -0.120. The Kier molecular flexibility index (Phi) is 6.12. The molecule has 5 nitrogen and oxygen atoms in total. The molecule has 0 aliphatic carbocycles. The Morgan fingerprint density at radius 2 is 2.20 bits per heavy atom. The van der Waals surface area contributed by atoms with Crippen molar-refractivity contribution in [1.29, 1.82) is 0 Å². The van der Waals surface area contributed by atoms with Crippen molar-refractivity contribution in [3.05, 3.63) is 57.5 Å².